The first-order valence-electron chi connectivity index (χ1n) is 16.7. The summed E-state index contributed by atoms with van der Waals surface area (Å²) < 4.78 is 1.50. The van der Waals surface area contributed by atoms with Crippen molar-refractivity contribution in [3.8, 4) is 0 Å². The van der Waals surface area contributed by atoms with Crippen molar-refractivity contribution in [3.05, 3.63) is 56.5 Å². The maximum atomic E-state index is 14.2. The van der Waals surface area contributed by atoms with Crippen molar-refractivity contribution in [2.75, 3.05) is 50.3 Å². The van der Waals surface area contributed by atoms with Gasteiger partial charge in [-0.05, 0) is 132 Å². The molecule has 248 valence electrons. The van der Waals surface area contributed by atoms with Gasteiger partial charge in [0.25, 0.3) is 0 Å². The number of benzene rings is 2. The quantitative estimate of drug-likeness (QED) is 0.290. The number of piperidine rings is 3. The van der Waals surface area contributed by atoms with Crippen molar-refractivity contribution in [1.82, 2.24) is 25.3 Å². The number of nitrogens with two attached hydrogens (primary N) is 1. The first-order valence-corrected chi connectivity index (χ1v) is 18.3. The Bertz CT molecular complexity index is 1400. The molecule has 0 bridgehead atoms. The highest BCUT2D eigenvalue weighted by Crippen LogP contribution is 2.31. The molecule has 0 radical (unpaired) electrons. The highest BCUT2D eigenvalue weighted by atomic mass is 79.9. The number of amides is 4. The molecule has 12 heteroatoms. The molecule has 2 unspecified atom stereocenters. The van der Waals surface area contributed by atoms with Crippen LogP contribution < -0.4 is 21.7 Å². The van der Waals surface area contributed by atoms with E-state index in [1.807, 2.05) is 35.2 Å². The molecule has 4 heterocycles. The van der Waals surface area contributed by atoms with E-state index in [1.165, 1.54) is 19.3 Å². The molecule has 3 atom stereocenters. The Morgan fingerprint density at radius 2 is 1.67 bits per heavy atom. The number of anilines is 2. The van der Waals surface area contributed by atoms with E-state index in [0.29, 0.717) is 50.6 Å². The van der Waals surface area contributed by atoms with Crippen molar-refractivity contribution < 1.29 is 14.4 Å². The van der Waals surface area contributed by atoms with E-state index < -0.39 is 6.04 Å². The van der Waals surface area contributed by atoms with Gasteiger partial charge in [0.05, 0.1) is 17.8 Å². The van der Waals surface area contributed by atoms with E-state index in [9.17, 15) is 14.4 Å². The lowest BCUT2D eigenvalue weighted by atomic mass is 9.89. The number of hydrogen-bond acceptors (Lipinski definition) is 6. The van der Waals surface area contributed by atoms with E-state index in [0.717, 1.165) is 64.7 Å². The van der Waals surface area contributed by atoms with Crippen molar-refractivity contribution in [2.24, 2.45) is 0 Å². The van der Waals surface area contributed by atoms with Crippen molar-refractivity contribution in [2.45, 2.75) is 82.0 Å². The summed E-state index contributed by atoms with van der Waals surface area (Å²) in [4.78, 5) is 47.3. The number of hydrogen-bond donors (Lipinski definition) is 4. The molecule has 46 heavy (non-hydrogen) atoms. The van der Waals surface area contributed by atoms with E-state index in [-0.39, 0.29) is 29.9 Å². The number of carbonyl (C=O) groups is 3. The summed E-state index contributed by atoms with van der Waals surface area (Å²) in [5.74, 6) is 0.0230. The van der Waals surface area contributed by atoms with Crippen LogP contribution in [0.2, 0.25) is 0 Å². The number of halogens is 2. The molecule has 4 amide bonds. The van der Waals surface area contributed by atoms with Gasteiger partial charge in [0, 0.05) is 46.4 Å². The SMILES string of the molecule is Nc1c(Br)cc(C[C@@H](NC(=O)N2CCC(N3CCc4ccccc4NC3=O)CC2)C(=O)C2CC(N3CCCCC3)CCN2)cc1Br. The van der Waals surface area contributed by atoms with E-state index in [2.05, 4.69) is 58.8 Å². The number of Topliss-reactive ketones (excluding diaryl/α,β-unsaturated/α-hetero) is 1. The van der Waals surface area contributed by atoms with Crippen LogP contribution >= 0.6 is 31.9 Å². The molecule has 3 saturated heterocycles. The van der Waals surface area contributed by atoms with Crippen LogP contribution in [0.25, 0.3) is 0 Å². The van der Waals surface area contributed by atoms with Crippen LogP contribution in [0.3, 0.4) is 0 Å². The fraction of sp³-hybridized carbons (Fsp3) is 0.559. The van der Waals surface area contributed by atoms with Gasteiger partial charge in [-0.2, -0.15) is 0 Å². The second-order valence-corrected chi connectivity index (χ2v) is 14.8. The molecule has 4 aliphatic heterocycles. The number of nitrogens with zero attached hydrogens (tertiary/aromatic N) is 3. The standard InChI is InChI=1S/C34H45Br2N7O3/c35-26-18-22(19-27(36)31(26)37)20-30(32(44)29-21-25(8-12-38-29)41-13-4-1-5-14-41)40-33(45)42-15-10-24(11-16-42)43-17-9-23-6-2-3-7-28(23)39-34(43)46/h2-3,6-7,18-19,24-25,29-30,38H,1,4-5,8-17,20-21,37H2,(H,39,46)(H,40,45)/t25?,29?,30-/m1/s1. The fourth-order valence-electron chi connectivity index (χ4n) is 7.54. The van der Waals surface area contributed by atoms with Gasteiger partial charge in [0.1, 0.15) is 0 Å². The monoisotopic (exact) mass is 757 g/mol. The van der Waals surface area contributed by atoms with Gasteiger partial charge in [-0.25, -0.2) is 9.59 Å². The predicted octanol–water partition coefficient (Wildman–Crippen LogP) is 5.14. The zero-order valence-corrected chi connectivity index (χ0v) is 29.5. The van der Waals surface area contributed by atoms with Gasteiger partial charge in [0.15, 0.2) is 5.78 Å². The molecular weight excluding hydrogens is 714 g/mol. The number of para-hydroxylation sites is 1. The largest absolute Gasteiger partial charge is 0.397 e. The zero-order chi connectivity index (χ0) is 32.2. The maximum absolute atomic E-state index is 14.2. The Balaban J connectivity index is 1.11. The van der Waals surface area contributed by atoms with Crippen LogP contribution in [0.5, 0.6) is 0 Å². The average molecular weight is 760 g/mol. The Morgan fingerprint density at radius 1 is 0.957 bits per heavy atom. The van der Waals surface area contributed by atoms with Crippen LogP contribution in [0.15, 0.2) is 45.3 Å². The molecule has 3 fully saturated rings. The molecule has 0 aromatic heterocycles. The molecule has 0 saturated carbocycles. The number of likely N-dealkylation sites (tertiary alicyclic amines) is 2. The molecular formula is C34H45Br2N7O3. The highest BCUT2D eigenvalue weighted by Gasteiger charge is 2.37. The highest BCUT2D eigenvalue weighted by molar-refractivity contribution is 9.11. The summed E-state index contributed by atoms with van der Waals surface area (Å²) in [7, 11) is 0. The van der Waals surface area contributed by atoms with E-state index in [1.54, 1.807) is 4.90 Å². The topological polar surface area (TPSA) is 123 Å². The van der Waals surface area contributed by atoms with Gasteiger partial charge in [-0.1, -0.05) is 24.6 Å². The number of nitrogen functional groups attached to an aromatic ring is 1. The van der Waals surface area contributed by atoms with Crippen LogP contribution in [0, 0.1) is 0 Å². The van der Waals surface area contributed by atoms with Gasteiger partial charge in [-0.15, -0.1) is 0 Å². The summed E-state index contributed by atoms with van der Waals surface area (Å²) in [5.41, 5.74) is 9.66. The number of fused-ring (bicyclic) bond motifs is 1. The van der Waals surface area contributed by atoms with Crippen LogP contribution in [-0.4, -0.2) is 96.0 Å². The lowest BCUT2D eigenvalue weighted by Crippen LogP contribution is -2.59. The minimum atomic E-state index is -0.694. The fourth-order valence-corrected chi connectivity index (χ4v) is 8.83. The smallest absolute Gasteiger partial charge is 0.322 e. The van der Waals surface area contributed by atoms with Crippen molar-refractivity contribution in [1.29, 1.82) is 0 Å². The summed E-state index contributed by atoms with van der Waals surface area (Å²) >= 11 is 7.07. The van der Waals surface area contributed by atoms with Crippen LogP contribution in [0.1, 0.15) is 56.1 Å². The summed E-state index contributed by atoms with van der Waals surface area (Å²) in [6.45, 7) is 4.68. The normalized spacial score (nSPS) is 23.7. The second-order valence-electron chi connectivity index (χ2n) is 13.1. The van der Waals surface area contributed by atoms with Gasteiger partial charge < -0.3 is 36.4 Å². The third kappa shape index (κ3) is 7.72. The van der Waals surface area contributed by atoms with Crippen LogP contribution in [0.4, 0.5) is 21.0 Å². The second kappa shape index (κ2) is 15.0. The maximum Gasteiger partial charge on any atom is 0.322 e. The summed E-state index contributed by atoms with van der Waals surface area (Å²) in [5, 5.41) is 9.67. The summed E-state index contributed by atoms with van der Waals surface area (Å²) in [6, 6.07) is 10.9. The van der Waals surface area contributed by atoms with Gasteiger partial charge in [0.2, 0.25) is 0 Å². The third-order valence-corrected chi connectivity index (χ3v) is 11.5. The van der Waals surface area contributed by atoms with Crippen molar-refractivity contribution in [3.63, 3.8) is 0 Å². The van der Waals surface area contributed by atoms with E-state index >= 15 is 0 Å². The third-order valence-electron chi connectivity index (χ3n) is 10.2. The van der Waals surface area contributed by atoms with E-state index in [4.69, 9.17) is 5.73 Å². The Morgan fingerprint density at radius 3 is 2.41 bits per heavy atom. The first-order chi connectivity index (χ1) is 22.3. The lowest BCUT2D eigenvalue weighted by molar-refractivity contribution is -0.124. The molecule has 6 rings (SSSR count). The molecule has 4 aliphatic rings. The van der Waals surface area contributed by atoms with Crippen LogP contribution in [-0.2, 0) is 17.6 Å². The average Bonchev–Trinajstić information content (AvgIpc) is 3.25. The Labute approximate surface area is 288 Å². The molecule has 2 aromatic carbocycles. The molecule has 0 spiro atoms. The first kappa shape index (κ1) is 33.2. The minimum Gasteiger partial charge on any atom is -0.397 e. The number of nitrogens with one attached hydrogen (secondary N) is 3. The number of rotatable bonds is 7. The Kier molecular flexibility index (Phi) is 10.9. The number of carbonyl (C=O) groups excluding carboxylic acids is 3. The summed E-state index contributed by atoms with van der Waals surface area (Å²) in [6.07, 6.45) is 8.04. The molecule has 0 aliphatic carbocycles. The number of urea groups is 2. The molecule has 10 nitrogen and oxygen atoms in total. The van der Waals surface area contributed by atoms with Gasteiger partial charge in [-0.3, -0.25) is 4.79 Å². The van der Waals surface area contributed by atoms with Crippen molar-refractivity contribution >= 4 is 61.1 Å². The molecule has 5 N–H and O–H groups in total. The Hall–Kier alpha value is -2.67. The molecule has 2 aromatic rings. The minimum absolute atomic E-state index is 0.0230. The predicted molar refractivity (Wildman–Crippen MR) is 188 cm³/mol. The lowest BCUT2D eigenvalue weighted by Gasteiger charge is -2.40. The van der Waals surface area contributed by atoms with Gasteiger partial charge >= 0.3 is 12.1 Å². The zero-order valence-electron chi connectivity index (χ0n) is 26.3. The number of ketones is 1.